The van der Waals surface area contributed by atoms with Crippen LogP contribution in [0, 0.1) is 0 Å². The molecule has 4 heteroatoms. The molecule has 0 aromatic carbocycles. The molecule has 1 aliphatic rings. The Kier molecular flexibility index (Phi) is 2.93. The Balaban J connectivity index is 2.10. The largest absolute Gasteiger partial charge is 0.369 e. The van der Waals surface area contributed by atoms with Crippen molar-refractivity contribution in [3.63, 3.8) is 0 Å². The van der Waals surface area contributed by atoms with E-state index in [1.807, 2.05) is 12.1 Å². The van der Waals surface area contributed by atoms with Crippen molar-refractivity contribution in [3.8, 4) is 0 Å². The molecule has 1 aromatic heterocycles. The molecule has 0 spiro atoms. The molecule has 0 saturated carbocycles. The lowest BCUT2D eigenvalue weighted by atomic mass is 10.2. The third-order valence-electron chi connectivity index (χ3n) is 2.01. The molecule has 1 aromatic rings. The molecule has 2 rings (SSSR count). The third kappa shape index (κ3) is 2.27. The van der Waals surface area contributed by atoms with E-state index in [1.54, 1.807) is 6.20 Å². The first kappa shape index (κ1) is 9.12. The van der Waals surface area contributed by atoms with Gasteiger partial charge < -0.3 is 10.1 Å². The minimum Gasteiger partial charge on any atom is -0.369 e. The molecule has 0 amide bonds. The van der Waals surface area contributed by atoms with Crippen LogP contribution in [0.2, 0.25) is 0 Å². The van der Waals surface area contributed by atoms with E-state index in [1.165, 1.54) is 0 Å². The number of nitrogens with one attached hydrogen (secondary N) is 1. The number of ether oxygens (including phenoxy) is 1. The average molecular weight is 243 g/mol. The van der Waals surface area contributed by atoms with Crippen LogP contribution in [0.1, 0.15) is 11.8 Å². The van der Waals surface area contributed by atoms with Crippen LogP contribution in [0.5, 0.6) is 0 Å². The van der Waals surface area contributed by atoms with Crippen molar-refractivity contribution >= 4 is 15.9 Å². The summed E-state index contributed by atoms with van der Waals surface area (Å²) in [7, 11) is 0. The van der Waals surface area contributed by atoms with Crippen LogP contribution in [-0.4, -0.2) is 24.7 Å². The van der Waals surface area contributed by atoms with Gasteiger partial charge in [0.1, 0.15) is 6.10 Å². The van der Waals surface area contributed by atoms with Crippen LogP contribution in [0.15, 0.2) is 22.8 Å². The smallest absolute Gasteiger partial charge is 0.112 e. The summed E-state index contributed by atoms with van der Waals surface area (Å²) in [5, 5.41) is 3.27. The van der Waals surface area contributed by atoms with Gasteiger partial charge in [-0.05, 0) is 28.1 Å². The molecule has 1 saturated heterocycles. The first-order valence-electron chi connectivity index (χ1n) is 4.30. The summed E-state index contributed by atoms with van der Waals surface area (Å²) in [5.74, 6) is 0. The van der Waals surface area contributed by atoms with Gasteiger partial charge in [-0.15, -0.1) is 0 Å². The molecule has 1 fully saturated rings. The van der Waals surface area contributed by atoms with Gasteiger partial charge >= 0.3 is 0 Å². The molecule has 0 unspecified atom stereocenters. The van der Waals surface area contributed by atoms with E-state index in [9.17, 15) is 0 Å². The van der Waals surface area contributed by atoms with Crippen molar-refractivity contribution in [2.45, 2.75) is 6.10 Å². The number of hydrogen-bond donors (Lipinski definition) is 1. The van der Waals surface area contributed by atoms with Gasteiger partial charge in [0.05, 0.1) is 12.3 Å². The fourth-order valence-electron chi connectivity index (χ4n) is 1.33. The summed E-state index contributed by atoms with van der Waals surface area (Å²) < 4.78 is 6.56. The number of morpholine rings is 1. The van der Waals surface area contributed by atoms with Crippen molar-refractivity contribution in [1.82, 2.24) is 10.3 Å². The van der Waals surface area contributed by atoms with Crippen LogP contribution in [0.4, 0.5) is 0 Å². The van der Waals surface area contributed by atoms with Crippen molar-refractivity contribution < 1.29 is 4.74 Å². The maximum Gasteiger partial charge on any atom is 0.112 e. The van der Waals surface area contributed by atoms with Crippen molar-refractivity contribution in [1.29, 1.82) is 0 Å². The lowest BCUT2D eigenvalue weighted by Crippen LogP contribution is -2.33. The monoisotopic (exact) mass is 242 g/mol. The van der Waals surface area contributed by atoms with E-state index < -0.39 is 0 Å². The van der Waals surface area contributed by atoms with Crippen LogP contribution >= 0.6 is 15.9 Å². The molecular weight excluding hydrogens is 232 g/mol. The van der Waals surface area contributed by atoms with Crippen molar-refractivity contribution in [3.05, 3.63) is 28.5 Å². The molecule has 1 aliphatic heterocycles. The van der Waals surface area contributed by atoms with Crippen molar-refractivity contribution in [2.75, 3.05) is 19.7 Å². The predicted molar refractivity (Wildman–Crippen MR) is 53.5 cm³/mol. The van der Waals surface area contributed by atoms with E-state index in [4.69, 9.17) is 4.74 Å². The van der Waals surface area contributed by atoms with Gasteiger partial charge in [-0.2, -0.15) is 0 Å². The first-order valence-corrected chi connectivity index (χ1v) is 5.09. The average Bonchev–Trinajstić information content (AvgIpc) is 2.20. The van der Waals surface area contributed by atoms with Gasteiger partial charge in [0.25, 0.3) is 0 Å². The SMILES string of the molecule is Brc1ccc([C@H]2CNCCO2)nc1. The summed E-state index contributed by atoms with van der Waals surface area (Å²) in [6.45, 7) is 2.56. The summed E-state index contributed by atoms with van der Waals surface area (Å²) in [6, 6.07) is 3.97. The molecular formula is C9H11BrN2O. The number of rotatable bonds is 1. The number of halogens is 1. The lowest BCUT2D eigenvalue weighted by Gasteiger charge is -2.22. The van der Waals surface area contributed by atoms with Gasteiger partial charge in [-0.3, -0.25) is 4.98 Å². The predicted octanol–water partition coefficient (Wildman–Crippen LogP) is 1.50. The minimum absolute atomic E-state index is 0.113. The van der Waals surface area contributed by atoms with Gasteiger partial charge in [0.15, 0.2) is 0 Å². The second-order valence-corrected chi connectivity index (χ2v) is 3.88. The summed E-state index contributed by atoms with van der Waals surface area (Å²) in [4.78, 5) is 4.29. The van der Waals surface area contributed by atoms with Crippen molar-refractivity contribution in [2.24, 2.45) is 0 Å². The maximum atomic E-state index is 5.56. The van der Waals surface area contributed by atoms with Gasteiger partial charge in [-0.1, -0.05) is 0 Å². The Hall–Kier alpha value is -0.450. The fraction of sp³-hybridized carbons (Fsp3) is 0.444. The standard InChI is InChI=1S/C9H11BrN2O/c10-7-1-2-8(12-5-7)9-6-11-3-4-13-9/h1-2,5,9,11H,3-4,6H2/t9-/m1/s1. The van der Waals surface area contributed by atoms with E-state index in [-0.39, 0.29) is 6.10 Å². The highest BCUT2D eigenvalue weighted by atomic mass is 79.9. The number of pyridine rings is 1. The molecule has 0 aliphatic carbocycles. The molecule has 1 atom stereocenters. The van der Waals surface area contributed by atoms with Crippen LogP contribution < -0.4 is 5.32 Å². The zero-order valence-corrected chi connectivity index (χ0v) is 8.75. The zero-order valence-electron chi connectivity index (χ0n) is 7.16. The number of hydrogen-bond acceptors (Lipinski definition) is 3. The second-order valence-electron chi connectivity index (χ2n) is 2.96. The molecule has 0 bridgehead atoms. The second kappa shape index (κ2) is 4.17. The molecule has 13 heavy (non-hydrogen) atoms. The summed E-state index contributed by atoms with van der Waals surface area (Å²) in [6.07, 6.45) is 1.91. The van der Waals surface area contributed by atoms with E-state index in [2.05, 4.69) is 26.2 Å². The quantitative estimate of drug-likeness (QED) is 0.811. The highest BCUT2D eigenvalue weighted by Gasteiger charge is 2.16. The van der Waals surface area contributed by atoms with Crippen LogP contribution in [-0.2, 0) is 4.74 Å². The zero-order chi connectivity index (χ0) is 9.10. The Bertz CT molecular complexity index is 269. The van der Waals surface area contributed by atoms with Gasteiger partial charge in [-0.25, -0.2) is 0 Å². The highest BCUT2D eigenvalue weighted by molar-refractivity contribution is 9.10. The lowest BCUT2D eigenvalue weighted by molar-refractivity contribution is 0.0250. The molecule has 70 valence electrons. The topological polar surface area (TPSA) is 34.1 Å². The molecule has 1 N–H and O–H groups in total. The highest BCUT2D eigenvalue weighted by Crippen LogP contribution is 2.17. The Morgan fingerprint density at radius 3 is 3.08 bits per heavy atom. The van der Waals surface area contributed by atoms with E-state index >= 15 is 0 Å². The summed E-state index contributed by atoms with van der Waals surface area (Å²) in [5.41, 5.74) is 0.996. The summed E-state index contributed by atoms with van der Waals surface area (Å²) >= 11 is 3.35. The Labute approximate surface area is 85.6 Å². The Morgan fingerprint density at radius 1 is 1.54 bits per heavy atom. The molecule has 0 radical (unpaired) electrons. The van der Waals surface area contributed by atoms with Crippen LogP contribution in [0.25, 0.3) is 0 Å². The van der Waals surface area contributed by atoms with E-state index in [0.29, 0.717) is 0 Å². The number of aromatic nitrogens is 1. The molecule has 3 nitrogen and oxygen atoms in total. The minimum atomic E-state index is 0.113. The van der Waals surface area contributed by atoms with Crippen LogP contribution in [0.3, 0.4) is 0 Å². The third-order valence-corrected chi connectivity index (χ3v) is 2.48. The Morgan fingerprint density at radius 2 is 2.46 bits per heavy atom. The van der Waals surface area contributed by atoms with Gasteiger partial charge in [0.2, 0.25) is 0 Å². The fourth-order valence-corrected chi connectivity index (χ4v) is 1.57. The normalized spacial score (nSPS) is 23.0. The maximum absolute atomic E-state index is 5.56. The van der Waals surface area contributed by atoms with Gasteiger partial charge in [0, 0.05) is 23.8 Å². The first-order chi connectivity index (χ1) is 6.36. The van der Waals surface area contributed by atoms with E-state index in [0.717, 1.165) is 29.9 Å². The molecule has 2 heterocycles. The number of nitrogens with zero attached hydrogens (tertiary/aromatic N) is 1.